The number of nitrogens with zero attached hydrogens (tertiary/aromatic N) is 3. The Bertz CT molecular complexity index is 766. The van der Waals surface area contributed by atoms with Crippen molar-refractivity contribution in [3.05, 3.63) is 34.1 Å². The Morgan fingerprint density at radius 3 is 2.74 bits per heavy atom. The lowest BCUT2D eigenvalue weighted by Crippen LogP contribution is -2.32. The molecule has 0 radical (unpaired) electrons. The van der Waals surface area contributed by atoms with Crippen LogP contribution in [0, 0.1) is 5.92 Å². The van der Waals surface area contributed by atoms with Gasteiger partial charge in [0.1, 0.15) is 5.01 Å². The van der Waals surface area contributed by atoms with E-state index in [1.165, 1.54) is 11.3 Å². The fourth-order valence-electron chi connectivity index (χ4n) is 2.87. The molecular formula is C16H18ClN3O2S. The first kappa shape index (κ1) is 16.2. The van der Waals surface area contributed by atoms with Crippen molar-refractivity contribution in [3.63, 3.8) is 0 Å². The highest BCUT2D eigenvalue weighted by atomic mass is 35.5. The molecule has 1 heterocycles. The second kappa shape index (κ2) is 6.84. The van der Waals surface area contributed by atoms with E-state index in [0.717, 1.165) is 34.6 Å². The molecule has 5 nitrogen and oxygen atoms in total. The van der Waals surface area contributed by atoms with Crippen LogP contribution in [0.3, 0.4) is 0 Å². The van der Waals surface area contributed by atoms with Gasteiger partial charge in [0, 0.05) is 17.6 Å². The summed E-state index contributed by atoms with van der Waals surface area (Å²) < 4.78 is 1.72. The fourth-order valence-corrected chi connectivity index (χ4v) is 3.94. The number of carbonyl (C=O) groups is 1. The molecule has 7 heteroatoms. The number of carboxylic acid groups (broad SMARTS) is 1. The molecule has 0 aliphatic heterocycles. The molecule has 2 atom stereocenters. The van der Waals surface area contributed by atoms with Gasteiger partial charge in [-0.1, -0.05) is 47.9 Å². The third-order valence-corrected chi connectivity index (χ3v) is 5.43. The van der Waals surface area contributed by atoms with E-state index in [0.29, 0.717) is 11.4 Å². The van der Waals surface area contributed by atoms with Crippen LogP contribution in [0.2, 0.25) is 5.02 Å². The van der Waals surface area contributed by atoms with E-state index in [1.807, 2.05) is 31.3 Å². The Kier molecular flexibility index (Phi) is 4.82. The Morgan fingerprint density at radius 2 is 2.04 bits per heavy atom. The SMILES string of the molecule is Cn1nc(-c2ccc(Cl)cc2)sc1=N[C@@H]1CCCC[C@@H]1C(=O)O. The zero-order valence-corrected chi connectivity index (χ0v) is 14.3. The van der Waals surface area contributed by atoms with Crippen molar-refractivity contribution in [2.75, 3.05) is 0 Å². The van der Waals surface area contributed by atoms with Crippen molar-refractivity contribution in [2.45, 2.75) is 31.7 Å². The van der Waals surface area contributed by atoms with Gasteiger partial charge in [-0.05, 0) is 25.0 Å². The lowest BCUT2D eigenvalue weighted by molar-refractivity contribution is -0.143. The smallest absolute Gasteiger partial charge is 0.308 e. The predicted molar refractivity (Wildman–Crippen MR) is 90.5 cm³/mol. The molecule has 3 rings (SSSR count). The van der Waals surface area contributed by atoms with Crippen molar-refractivity contribution < 1.29 is 9.90 Å². The molecular weight excluding hydrogens is 334 g/mol. The number of halogens is 1. The number of carboxylic acids is 1. The van der Waals surface area contributed by atoms with E-state index in [4.69, 9.17) is 16.6 Å². The van der Waals surface area contributed by atoms with Gasteiger partial charge >= 0.3 is 5.97 Å². The predicted octanol–water partition coefficient (Wildman–Crippen LogP) is 3.35. The van der Waals surface area contributed by atoms with Gasteiger partial charge in [0.2, 0.25) is 4.80 Å². The zero-order valence-electron chi connectivity index (χ0n) is 12.8. The van der Waals surface area contributed by atoms with Crippen molar-refractivity contribution in [1.29, 1.82) is 0 Å². The van der Waals surface area contributed by atoms with E-state index >= 15 is 0 Å². The molecule has 122 valence electrons. The van der Waals surface area contributed by atoms with Crippen LogP contribution in [0.15, 0.2) is 29.3 Å². The average molecular weight is 352 g/mol. The Labute approximate surface area is 143 Å². The van der Waals surface area contributed by atoms with Crippen LogP contribution in [0.25, 0.3) is 10.6 Å². The largest absolute Gasteiger partial charge is 0.481 e. The van der Waals surface area contributed by atoms with Gasteiger partial charge in [0.05, 0.1) is 12.0 Å². The standard InChI is InChI=1S/C16H18ClN3O2S/c1-20-16(18-13-5-3-2-4-12(13)15(21)22)23-14(19-20)10-6-8-11(17)9-7-10/h6-9,12-13H,2-5H2,1H3,(H,21,22)/t12-,13+/m0/s1. The molecule has 1 N–H and O–H groups in total. The molecule has 0 unspecified atom stereocenters. The Balaban J connectivity index is 1.93. The molecule has 1 aliphatic rings. The first-order chi connectivity index (χ1) is 11.0. The van der Waals surface area contributed by atoms with Crippen LogP contribution >= 0.6 is 22.9 Å². The molecule has 0 saturated heterocycles. The van der Waals surface area contributed by atoms with Gasteiger partial charge < -0.3 is 5.11 Å². The van der Waals surface area contributed by atoms with Crippen LogP contribution in [0.4, 0.5) is 0 Å². The fraction of sp³-hybridized carbons (Fsp3) is 0.438. The third-order valence-electron chi connectivity index (χ3n) is 4.12. The van der Waals surface area contributed by atoms with Crippen molar-refractivity contribution in [3.8, 4) is 10.6 Å². The van der Waals surface area contributed by atoms with Gasteiger partial charge in [-0.25, -0.2) is 4.68 Å². The van der Waals surface area contributed by atoms with E-state index in [1.54, 1.807) is 4.68 Å². The molecule has 0 bridgehead atoms. The first-order valence-corrected chi connectivity index (χ1v) is 8.81. The van der Waals surface area contributed by atoms with Crippen LogP contribution in [-0.4, -0.2) is 26.9 Å². The Morgan fingerprint density at radius 1 is 1.35 bits per heavy atom. The lowest BCUT2D eigenvalue weighted by Gasteiger charge is -2.24. The minimum absolute atomic E-state index is 0.161. The second-order valence-corrected chi connectivity index (χ2v) is 7.14. The van der Waals surface area contributed by atoms with Gasteiger partial charge in [-0.3, -0.25) is 9.79 Å². The normalized spacial score (nSPS) is 22.3. The number of hydrogen-bond acceptors (Lipinski definition) is 4. The summed E-state index contributed by atoms with van der Waals surface area (Å²) in [7, 11) is 1.84. The molecule has 1 fully saturated rings. The number of aromatic nitrogens is 2. The maximum absolute atomic E-state index is 11.4. The zero-order chi connectivity index (χ0) is 16.4. The van der Waals surface area contributed by atoms with Gasteiger partial charge in [0.25, 0.3) is 0 Å². The summed E-state index contributed by atoms with van der Waals surface area (Å²) in [6, 6.07) is 7.34. The third kappa shape index (κ3) is 3.64. The van der Waals surface area contributed by atoms with Crippen molar-refractivity contribution >= 4 is 28.9 Å². The molecule has 1 aromatic carbocycles. The van der Waals surface area contributed by atoms with Crippen LogP contribution < -0.4 is 4.80 Å². The van der Waals surface area contributed by atoms with Crippen molar-refractivity contribution in [2.24, 2.45) is 18.0 Å². The molecule has 0 amide bonds. The van der Waals surface area contributed by atoms with Gasteiger partial charge in [0.15, 0.2) is 0 Å². The summed E-state index contributed by atoms with van der Waals surface area (Å²) in [5, 5.41) is 15.4. The summed E-state index contributed by atoms with van der Waals surface area (Å²) in [6.45, 7) is 0. The Hall–Kier alpha value is -1.66. The van der Waals surface area contributed by atoms with E-state index in [9.17, 15) is 9.90 Å². The van der Waals surface area contributed by atoms with E-state index in [-0.39, 0.29) is 12.0 Å². The minimum Gasteiger partial charge on any atom is -0.481 e. The highest BCUT2D eigenvalue weighted by molar-refractivity contribution is 7.12. The molecule has 1 aliphatic carbocycles. The lowest BCUT2D eigenvalue weighted by atomic mass is 9.85. The second-order valence-electron chi connectivity index (χ2n) is 5.75. The van der Waals surface area contributed by atoms with Crippen LogP contribution in [0.5, 0.6) is 0 Å². The van der Waals surface area contributed by atoms with Crippen molar-refractivity contribution in [1.82, 2.24) is 9.78 Å². The number of rotatable bonds is 3. The van der Waals surface area contributed by atoms with Crippen LogP contribution in [-0.2, 0) is 11.8 Å². The summed E-state index contributed by atoms with van der Waals surface area (Å²) in [5.74, 6) is -1.13. The number of aryl methyl sites for hydroxylation is 1. The number of aliphatic carboxylic acids is 1. The highest BCUT2D eigenvalue weighted by Gasteiger charge is 2.30. The monoisotopic (exact) mass is 351 g/mol. The van der Waals surface area contributed by atoms with Gasteiger partial charge in [-0.15, -0.1) is 0 Å². The molecule has 23 heavy (non-hydrogen) atoms. The molecule has 2 aromatic rings. The number of benzene rings is 1. The number of hydrogen-bond donors (Lipinski definition) is 1. The summed E-state index contributed by atoms with van der Waals surface area (Å²) in [6.07, 6.45) is 3.53. The quantitative estimate of drug-likeness (QED) is 0.922. The van der Waals surface area contributed by atoms with E-state index < -0.39 is 5.97 Å². The molecule has 1 aromatic heterocycles. The first-order valence-electron chi connectivity index (χ1n) is 7.61. The summed E-state index contributed by atoms with van der Waals surface area (Å²) in [5.41, 5.74) is 0.981. The average Bonchev–Trinajstić information content (AvgIpc) is 2.89. The maximum Gasteiger partial charge on any atom is 0.308 e. The molecule has 1 saturated carbocycles. The summed E-state index contributed by atoms with van der Waals surface area (Å²) >= 11 is 7.39. The highest BCUT2D eigenvalue weighted by Crippen LogP contribution is 2.27. The topological polar surface area (TPSA) is 67.5 Å². The van der Waals surface area contributed by atoms with Crippen LogP contribution in [0.1, 0.15) is 25.7 Å². The van der Waals surface area contributed by atoms with Gasteiger partial charge in [-0.2, -0.15) is 5.10 Å². The van der Waals surface area contributed by atoms with E-state index in [2.05, 4.69) is 5.10 Å². The summed E-state index contributed by atoms with van der Waals surface area (Å²) in [4.78, 5) is 16.9. The minimum atomic E-state index is -0.747. The maximum atomic E-state index is 11.4. The molecule has 0 spiro atoms.